The molecule has 19 heavy (non-hydrogen) atoms. The molecule has 0 bridgehead atoms. The van der Waals surface area contributed by atoms with Gasteiger partial charge in [0.1, 0.15) is 5.82 Å². The Labute approximate surface area is 115 Å². The number of aryl methyl sites for hydroxylation is 1. The van der Waals surface area contributed by atoms with Crippen LogP contribution in [-0.2, 0) is 11.3 Å². The van der Waals surface area contributed by atoms with E-state index in [-0.39, 0.29) is 18.3 Å². The number of nitrogens with one attached hydrogen (secondary N) is 1. The number of anilines is 1. The Balaban J connectivity index is 2.28. The molecule has 0 unspecified atom stereocenters. The van der Waals surface area contributed by atoms with Crippen LogP contribution in [0, 0.1) is 12.7 Å². The summed E-state index contributed by atoms with van der Waals surface area (Å²) in [6.07, 6.45) is 0. The first kappa shape index (κ1) is 13.5. The number of carbonyl (C=O) groups is 1. The van der Waals surface area contributed by atoms with E-state index >= 15 is 0 Å². The third kappa shape index (κ3) is 3.12. The van der Waals surface area contributed by atoms with E-state index in [0.29, 0.717) is 16.4 Å². The lowest BCUT2D eigenvalue weighted by molar-refractivity contribution is -0.114. The molecule has 1 aromatic carbocycles. The number of aromatic nitrogens is 2. The normalized spacial score (nSPS) is 10.5. The van der Waals surface area contributed by atoms with E-state index in [1.165, 1.54) is 13.0 Å². The van der Waals surface area contributed by atoms with Crippen LogP contribution in [0.25, 0.3) is 0 Å². The van der Waals surface area contributed by atoms with Gasteiger partial charge >= 0.3 is 0 Å². The Morgan fingerprint density at radius 1 is 1.53 bits per heavy atom. The van der Waals surface area contributed by atoms with Crippen molar-refractivity contribution in [3.8, 4) is 0 Å². The summed E-state index contributed by atoms with van der Waals surface area (Å²) in [5.41, 5.74) is 1.19. The van der Waals surface area contributed by atoms with Crippen molar-refractivity contribution < 1.29 is 9.18 Å². The van der Waals surface area contributed by atoms with Crippen molar-refractivity contribution in [3.05, 3.63) is 46.4 Å². The molecule has 0 atom stereocenters. The van der Waals surface area contributed by atoms with Crippen LogP contribution in [0.15, 0.2) is 24.3 Å². The van der Waals surface area contributed by atoms with E-state index in [2.05, 4.69) is 10.4 Å². The highest BCUT2D eigenvalue weighted by Crippen LogP contribution is 2.21. The van der Waals surface area contributed by atoms with Crippen LogP contribution in [0.3, 0.4) is 0 Å². The predicted octanol–water partition coefficient (Wildman–Crippen LogP) is 2.99. The zero-order chi connectivity index (χ0) is 14.0. The average Bonchev–Trinajstić information content (AvgIpc) is 2.63. The Bertz CT molecular complexity index is 604. The molecule has 0 fully saturated rings. The van der Waals surface area contributed by atoms with E-state index in [9.17, 15) is 9.18 Å². The van der Waals surface area contributed by atoms with Crippen molar-refractivity contribution in [3.63, 3.8) is 0 Å². The van der Waals surface area contributed by atoms with Crippen molar-refractivity contribution in [2.24, 2.45) is 0 Å². The summed E-state index contributed by atoms with van der Waals surface area (Å²) in [6, 6.07) is 6.26. The zero-order valence-electron chi connectivity index (χ0n) is 10.6. The number of rotatable bonds is 3. The summed E-state index contributed by atoms with van der Waals surface area (Å²) in [5, 5.41) is 7.13. The van der Waals surface area contributed by atoms with Crippen LogP contribution in [0.2, 0.25) is 5.02 Å². The van der Waals surface area contributed by atoms with Gasteiger partial charge in [0.25, 0.3) is 0 Å². The molecule has 2 aromatic rings. The fourth-order valence-electron chi connectivity index (χ4n) is 1.74. The summed E-state index contributed by atoms with van der Waals surface area (Å²) in [7, 11) is 0. The van der Waals surface area contributed by atoms with Crippen LogP contribution in [-0.4, -0.2) is 15.7 Å². The number of nitrogens with zero attached hydrogens (tertiary/aromatic N) is 2. The molecule has 1 N–H and O–H groups in total. The predicted molar refractivity (Wildman–Crippen MR) is 71.8 cm³/mol. The van der Waals surface area contributed by atoms with E-state index in [1.807, 2.05) is 6.92 Å². The van der Waals surface area contributed by atoms with Gasteiger partial charge in [-0.15, -0.1) is 0 Å². The van der Waals surface area contributed by atoms with Crippen molar-refractivity contribution in [1.29, 1.82) is 0 Å². The summed E-state index contributed by atoms with van der Waals surface area (Å²) in [5.74, 6) is -0.130. The summed E-state index contributed by atoms with van der Waals surface area (Å²) < 4.78 is 15.3. The minimum absolute atomic E-state index is 0.200. The first-order chi connectivity index (χ1) is 8.97. The van der Waals surface area contributed by atoms with Crippen LogP contribution >= 0.6 is 11.6 Å². The maximum Gasteiger partial charge on any atom is 0.222 e. The van der Waals surface area contributed by atoms with E-state index in [1.54, 1.807) is 22.9 Å². The number of halogens is 2. The molecule has 0 aliphatic carbocycles. The minimum atomic E-state index is -0.372. The molecule has 4 nitrogen and oxygen atoms in total. The maximum atomic E-state index is 13.7. The number of amides is 1. The molecule has 0 saturated heterocycles. The lowest BCUT2D eigenvalue weighted by Crippen LogP contribution is -2.09. The lowest BCUT2D eigenvalue weighted by Gasteiger charge is -2.07. The van der Waals surface area contributed by atoms with Gasteiger partial charge in [0.2, 0.25) is 5.91 Å². The highest BCUT2D eigenvalue weighted by Gasteiger charge is 2.11. The lowest BCUT2D eigenvalue weighted by atomic mass is 10.2. The smallest absolute Gasteiger partial charge is 0.222 e. The van der Waals surface area contributed by atoms with Gasteiger partial charge in [-0.2, -0.15) is 5.10 Å². The summed E-state index contributed by atoms with van der Waals surface area (Å²) in [6.45, 7) is 3.45. The fraction of sp³-hybridized carbons (Fsp3) is 0.231. The Morgan fingerprint density at radius 2 is 2.26 bits per heavy atom. The molecule has 1 aromatic heterocycles. The molecule has 1 heterocycles. The van der Waals surface area contributed by atoms with Crippen molar-refractivity contribution in [2.45, 2.75) is 20.4 Å². The molecule has 0 aliphatic rings. The number of carbonyl (C=O) groups excluding carboxylic acids is 1. The highest BCUT2D eigenvalue weighted by atomic mass is 35.5. The first-order valence-electron chi connectivity index (χ1n) is 5.72. The Hall–Kier alpha value is -1.88. The largest absolute Gasteiger partial charge is 0.309 e. The fourth-order valence-corrected chi connectivity index (χ4v) is 1.97. The van der Waals surface area contributed by atoms with Gasteiger partial charge in [-0.25, -0.2) is 4.39 Å². The molecule has 0 saturated carbocycles. The summed E-state index contributed by atoms with van der Waals surface area (Å²) >= 11 is 5.97. The number of hydrogen-bond acceptors (Lipinski definition) is 2. The second-order valence-corrected chi connectivity index (χ2v) is 4.62. The van der Waals surface area contributed by atoms with E-state index < -0.39 is 0 Å². The Morgan fingerprint density at radius 3 is 2.89 bits per heavy atom. The molecular formula is C13H13ClFN3O. The van der Waals surface area contributed by atoms with Crippen LogP contribution < -0.4 is 5.32 Å². The second kappa shape index (κ2) is 5.40. The van der Waals surface area contributed by atoms with Crippen molar-refractivity contribution >= 4 is 23.3 Å². The SMILES string of the molecule is CC(=O)Nc1cc(C)n(Cc2c(F)cccc2Cl)n1. The average molecular weight is 282 g/mol. The van der Waals surface area contributed by atoms with Gasteiger partial charge in [-0.1, -0.05) is 17.7 Å². The van der Waals surface area contributed by atoms with Gasteiger partial charge in [0.05, 0.1) is 6.54 Å². The molecule has 2 rings (SSSR count). The molecule has 1 amide bonds. The van der Waals surface area contributed by atoms with E-state index in [0.717, 1.165) is 5.69 Å². The van der Waals surface area contributed by atoms with Gasteiger partial charge in [0.15, 0.2) is 5.82 Å². The quantitative estimate of drug-likeness (QED) is 0.940. The first-order valence-corrected chi connectivity index (χ1v) is 6.10. The van der Waals surface area contributed by atoms with Crippen LogP contribution in [0.4, 0.5) is 10.2 Å². The maximum absolute atomic E-state index is 13.7. The van der Waals surface area contributed by atoms with Crippen molar-refractivity contribution in [1.82, 2.24) is 9.78 Å². The van der Waals surface area contributed by atoms with Gasteiger partial charge < -0.3 is 5.32 Å². The molecule has 6 heteroatoms. The Kier molecular flexibility index (Phi) is 3.85. The van der Waals surface area contributed by atoms with Crippen LogP contribution in [0.1, 0.15) is 18.2 Å². The van der Waals surface area contributed by atoms with Crippen molar-refractivity contribution in [2.75, 3.05) is 5.32 Å². The highest BCUT2D eigenvalue weighted by molar-refractivity contribution is 6.31. The third-order valence-electron chi connectivity index (χ3n) is 2.65. The molecule has 0 spiro atoms. The summed E-state index contributed by atoms with van der Waals surface area (Å²) in [4.78, 5) is 11.0. The van der Waals surface area contributed by atoms with E-state index in [4.69, 9.17) is 11.6 Å². The third-order valence-corrected chi connectivity index (χ3v) is 3.01. The van der Waals surface area contributed by atoms with Gasteiger partial charge in [0, 0.05) is 29.3 Å². The topological polar surface area (TPSA) is 46.9 Å². The molecule has 0 radical (unpaired) electrons. The second-order valence-electron chi connectivity index (χ2n) is 4.21. The minimum Gasteiger partial charge on any atom is -0.309 e. The zero-order valence-corrected chi connectivity index (χ0v) is 11.3. The standard InChI is InChI=1S/C13H13ClFN3O/c1-8-6-13(16-9(2)19)17-18(8)7-10-11(14)4-3-5-12(10)15/h3-6H,7H2,1-2H3,(H,16,17,19). The van der Waals surface area contributed by atoms with Gasteiger partial charge in [-0.3, -0.25) is 9.48 Å². The number of hydrogen-bond donors (Lipinski definition) is 1. The molecule has 0 aliphatic heterocycles. The monoisotopic (exact) mass is 281 g/mol. The number of benzene rings is 1. The molecular weight excluding hydrogens is 269 g/mol. The molecule has 100 valence electrons. The van der Waals surface area contributed by atoms with Crippen LogP contribution in [0.5, 0.6) is 0 Å². The van der Waals surface area contributed by atoms with Gasteiger partial charge in [-0.05, 0) is 19.1 Å².